The van der Waals surface area contributed by atoms with Crippen LogP contribution in [-0.2, 0) is 11.2 Å². The fourth-order valence-corrected chi connectivity index (χ4v) is 2.13. The van der Waals surface area contributed by atoms with Crippen LogP contribution in [0.15, 0.2) is 18.2 Å². The summed E-state index contributed by atoms with van der Waals surface area (Å²) in [6.07, 6.45) is 0.628. The summed E-state index contributed by atoms with van der Waals surface area (Å²) >= 11 is 6.18. The molecular weight excluding hydrogens is 226 g/mol. The van der Waals surface area contributed by atoms with E-state index in [1.807, 2.05) is 25.1 Å². The maximum Gasteiger partial charge on any atom is 0.303 e. The monoisotopic (exact) mass is 237 g/mol. The quantitative estimate of drug-likeness (QED) is 0.862. The van der Waals surface area contributed by atoms with Crippen LogP contribution >= 0.6 is 11.6 Å². The molecule has 4 heteroatoms. The fourth-order valence-electron chi connectivity index (χ4n) is 1.86. The van der Waals surface area contributed by atoms with Crippen molar-refractivity contribution in [2.24, 2.45) is 0 Å². The Morgan fingerprint density at radius 1 is 1.50 bits per heavy atom. The molecule has 0 aliphatic carbocycles. The van der Waals surface area contributed by atoms with E-state index in [4.69, 9.17) is 16.7 Å². The highest BCUT2D eigenvalue weighted by Gasteiger charge is 2.10. The van der Waals surface area contributed by atoms with Crippen LogP contribution in [0.4, 0.5) is 0 Å². The zero-order valence-corrected chi connectivity index (χ0v) is 9.64. The summed E-state index contributed by atoms with van der Waals surface area (Å²) in [5.41, 5.74) is 2.86. The predicted octanol–water partition coefficient (Wildman–Crippen LogP) is 3.15. The van der Waals surface area contributed by atoms with Crippen LogP contribution < -0.4 is 0 Å². The van der Waals surface area contributed by atoms with Crippen molar-refractivity contribution < 1.29 is 9.90 Å². The highest BCUT2D eigenvalue weighted by molar-refractivity contribution is 6.36. The summed E-state index contributed by atoms with van der Waals surface area (Å²) in [7, 11) is 0. The SMILES string of the molecule is Cc1[nH]c2cccc(CCC(=O)O)c2c1Cl. The van der Waals surface area contributed by atoms with Gasteiger partial charge in [0.05, 0.1) is 5.02 Å². The largest absolute Gasteiger partial charge is 0.481 e. The Morgan fingerprint density at radius 2 is 2.25 bits per heavy atom. The standard InChI is InChI=1S/C12H12ClNO2/c1-7-12(13)11-8(5-6-10(15)16)3-2-4-9(11)14-7/h2-4,14H,5-6H2,1H3,(H,15,16). The minimum absolute atomic E-state index is 0.125. The lowest BCUT2D eigenvalue weighted by Crippen LogP contribution is -1.97. The summed E-state index contributed by atoms with van der Waals surface area (Å²) in [4.78, 5) is 13.7. The van der Waals surface area contributed by atoms with E-state index >= 15 is 0 Å². The molecule has 2 rings (SSSR count). The Hall–Kier alpha value is -1.48. The van der Waals surface area contributed by atoms with Crippen molar-refractivity contribution in [3.05, 3.63) is 34.5 Å². The number of carbonyl (C=O) groups is 1. The number of aliphatic carboxylic acids is 1. The Balaban J connectivity index is 2.48. The Bertz CT molecular complexity index is 545. The fraction of sp³-hybridized carbons (Fsp3) is 0.250. The number of rotatable bonds is 3. The summed E-state index contributed by atoms with van der Waals surface area (Å²) in [5, 5.41) is 10.3. The van der Waals surface area contributed by atoms with Crippen LogP contribution in [0, 0.1) is 6.92 Å². The van der Waals surface area contributed by atoms with Gasteiger partial charge in [0, 0.05) is 23.0 Å². The van der Waals surface area contributed by atoms with E-state index in [0.29, 0.717) is 11.4 Å². The van der Waals surface area contributed by atoms with Crippen molar-refractivity contribution in [3.8, 4) is 0 Å². The molecule has 0 aliphatic heterocycles. The summed E-state index contributed by atoms with van der Waals surface area (Å²) in [5.74, 6) is -0.791. The first-order valence-corrected chi connectivity index (χ1v) is 5.45. The van der Waals surface area contributed by atoms with Gasteiger partial charge in [-0.3, -0.25) is 4.79 Å². The lowest BCUT2D eigenvalue weighted by molar-refractivity contribution is -0.136. The molecule has 0 fully saturated rings. The second kappa shape index (κ2) is 4.18. The number of benzene rings is 1. The van der Waals surface area contributed by atoms with Crippen LogP contribution in [0.2, 0.25) is 5.02 Å². The predicted molar refractivity (Wildman–Crippen MR) is 64.0 cm³/mol. The maximum atomic E-state index is 10.6. The molecule has 0 atom stereocenters. The molecule has 0 amide bonds. The van der Waals surface area contributed by atoms with E-state index < -0.39 is 5.97 Å². The average Bonchev–Trinajstić information content (AvgIpc) is 2.52. The molecule has 0 spiro atoms. The van der Waals surface area contributed by atoms with Gasteiger partial charge in [-0.2, -0.15) is 0 Å². The molecule has 3 nitrogen and oxygen atoms in total. The van der Waals surface area contributed by atoms with Gasteiger partial charge in [-0.15, -0.1) is 0 Å². The first kappa shape index (κ1) is 11.0. The molecule has 0 aliphatic rings. The highest BCUT2D eigenvalue weighted by atomic mass is 35.5. The maximum absolute atomic E-state index is 10.6. The van der Waals surface area contributed by atoms with Gasteiger partial charge in [0.1, 0.15) is 0 Å². The Morgan fingerprint density at radius 3 is 2.94 bits per heavy atom. The molecule has 0 saturated carbocycles. The zero-order valence-electron chi connectivity index (χ0n) is 8.88. The smallest absolute Gasteiger partial charge is 0.303 e. The van der Waals surface area contributed by atoms with E-state index in [1.165, 1.54) is 0 Å². The third kappa shape index (κ3) is 1.91. The molecule has 1 aromatic carbocycles. The molecule has 0 bridgehead atoms. The Kier molecular flexibility index (Phi) is 2.88. The third-order valence-electron chi connectivity index (χ3n) is 2.63. The zero-order chi connectivity index (χ0) is 11.7. The Labute approximate surface area is 98.0 Å². The molecule has 2 N–H and O–H groups in total. The first-order valence-electron chi connectivity index (χ1n) is 5.07. The van der Waals surface area contributed by atoms with Crippen LogP contribution in [0.3, 0.4) is 0 Å². The van der Waals surface area contributed by atoms with Crippen molar-refractivity contribution in [2.45, 2.75) is 19.8 Å². The number of carboxylic acids is 1. The van der Waals surface area contributed by atoms with Gasteiger partial charge in [0.25, 0.3) is 0 Å². The van der Waals surface area contributed by atoms with E-state index in [9.17, 15) is 4.79 Å². The summed E-state index contributed by atoms with van der Waals surface area (Å²) < 4.78 is 0. The normalized spacial score (nSPS) is 10.9. The molecule has 0 unspecified atom stereocenters. The lowest BCUT2D eigenvalue weighted by atomic mass is 10.1. The molecule has 84 valence electrons. The van der Waals surface area contributed by atoms with E-state index in [0.717, 1.165) is 22.2 Å². The number of carboxylic acid groups (broad SMARTS) is 1. The van der Waals surface area contributed by atoms with Gasteiger partial charge in [0.15, 0.2) is 0 Å². The number of aryl methyl sites for hydroxylation is 2. The van der Waals surface area contributed by atoms with Crippen molar-refractivity contribution in [1.29, 1.82) is 0 Å². The van der Waals surface area contributed by atoms with Gasteiger partial charge in [-0.25, -0.2) is 0 Å². The minimum atomic E-state index is -0.791. The van der Waals surface area contributed by atoms with Crippen LogP contribution in [-0.4, -0.2) is 16.1 Å². The molecule has 16 heavy (non-hydrogen) atoms. The third-order valence-corrected chi connectivity index (χ3v) is 3.10. The second-order valence-electron chi connectivity index (χ2n) is 3.80. The van der Waals surface area contributed by atoms with Gasteiger partial charge >= 0.3 is 5.97 Å². The van der Waals surface area contributed by atoms with Gasteiger partial charge in [-0.05, 0) is 25.0 Å². The van der Waals surface area contributed by atoms with Crippen LogP contribution in [0.5, 0.6) is 0 Å². The van der Waals surface area contributed by atoms with Crippen LogP contribution in [0.1, 0.15) is 17.7 Å². The number of hydrogen-bond donors (Lipinski definition) is 2. The van der Waals surface area contributed by atoms with Crippen molar-refractivity contribution in [2.75, 3.05) is 0 Å². The van der Waals surface area contributed by atoms with Crippen molar-refractivity contribution in [3.63, 3.8) is 0 Å². The molecule has 2 aromatic rings. The number of hydrogen-bond acceptors (Lipinski definition) is 1. The van der Waals surface area contributed by atoms with E-state index in [-0.39, 0.29) is 6.42 Å². The molecule has 0 saturated heterocycles. The van der Waals surface area contributed by atoms with Gasteiger partial charge in [0.2, 0.25) is 0 Å². The second-order valence-corrected chi connectivity index (χ2v) is 4.18. The number of fused-ring (bicyclic) bond motifs is 1. The molecular formula is C12H12ClNO2. The number of aromatic nitrogens is 1. The van der Waals surface area contributed by atoms with E-state index in [2.05, 4.69) is 4.98 Å². The summed E-state index contributed by atoms with van der Waals surface area (Å²) in [6, 6.07) is 5.77. The van der Waals surface area contributed by atoms with Crippen LogP contribution in [0.25, 0.3) is 10.9 Å². The molecule has 1 aromatic heterocycles. The summed E-state index contributed by atoms with van der Waals surface area (Å²) in [6.45, 7) is 1.91. The topological polar surface area (TPSA) is 53.1 Å². The van der Waals surface area contributed by atoms with E-state index in [1.54, 1.807) is 0 Å². The number of halogens is 1. The highest BCUT2D eigenvalue weighted by Crippen LogP contribution is 2.30. The number of aromatic amines is 1. The van der Waals surface area contributed by atoms with Gasteiger partial charge in [-0.1, -0.05) is 23.7 Å². The molecule has 0 radical (unpaired) electrons. The number of H-pyrrole nitrogens is 1. The minimum Gasteiger partial charge on any atom is -0.481 e. The average molecular weight is 238 g/mol. The van der Waals surface area contributed by atoms with Crippen molar-refractivity contribution >= 4 is 28.5 Å². The number of nitrogens with one attached hydrogen (secondary N) is 1. The first-order chi connectivity index (χ1) is 7.59. The lowest BCUT2D eigenvalue weighted by Gasteiger charge is -2.01. The van der Waals surface area contributed by atoms with Gasteiger partial charge < -0.3 is 10.1 Å². The molecule has 1 heterocycles. The van der Waals surface area contributed by atoms with Crippen molar-refractivity contribution in [1.82, 2.24) is 4.98 Å².